The van der Waals surface area contributed by atoms with Gasteiger partial charge in [-0.05, 0) is 54.4 Å². The van der Waals surface area contributed by atoms with E-state index >= 15 is 0 Å². The lowest BCUT2D eigenvalue weighted by atomic mass is 9.99. The molecule has 126 valence electrons. The number of nitrogens with one attached hydrogen (secondary N) is 1. The minimum atomic E-state index is 0.00351. The predicted molar refractivity (Wildman–Crippen MR) is 99.9 cm³/mol. The number of hydrogen-bond acceptors (Lipinski definition) is 4. The molecule has 0 aliphatic carbocycles. The van der Waals surface area contributed by atoms with E-state index in [4.69, 9.17) is 0 Å². The third-order valence-electron chi connectivity index (χ3n) is 3.89. The Bertz CT molecular complexity index is 874. The van der Waals surface area contributed by atoms with E-state index in [0.717, 1.165) is 28.2 Å². The third kappa shape index (κ3) is 3.83. The first-order valence-electron chi connectivity index (χ1n) is 8.00. The summed E-state index contributed by atoms with van der Waals surface area (Å²) in [6, 6.07) is 13.5. The van der Waals surface area contributed by atoms with Crippen LogP contribution in [0.15, 0.2) is 61.1 Å². The number of aryl methyl sites for hydroxylation is 1. The molecule has 0 saturated carbocycles. The number of aromatic nitrogens is 2. The number of anilines is 2. The Balaban J connectivity index is 1.81. The second kappa shape index (κ2) is 7.13. The van der Waals surface area contributed by atoms with Gasteiger partial charge >= 0.3 is 0 Å². The Morgan fingerprint density at radius 2 is 1.92 bits per heavy atom. The number of rotatable bonds is 4. The summed E-state index contributed by atoms with van der Waals surface area (Å²) in [6.45, 7) is 2.00. The Kier molecular flexibility index (Phi) is 4.75. The van der Waals surface area contributed by atoms with Crippen molar-refractivity contribution in [2.24, 2.45) is 0 Å². The highest BCUT2D eigenvalue weighted by molar-refractivity contribution is 5.94. The van der Waals surface area contributed by atoms with E-state index in [0.29, 0.717) is 5.56 Å². The molecule has 5 heteroatoms. The van der Waals surface area contributed by atoms with E-state index < -0.39 is 0 Å². The molecule has 0 bridgehead atoms. The highest BCUT2D eigenvalue weighted by atomic mass is 16.2. The number of hydrogen-bond donors (Lipinski definition) is 1. The molecule has 1 N–H and O–H groups in total. The van der Waals surface area contributed by atoms with Crippen LogP contribution in [0.25, 0.3) is 11.1 Å². The van der Waals surface area contributed by atoms with Crippen LogP contribution in [0, 0.1) is 6.92 Å². The third-order valence-corrected chi connectivity index (χ3v) is 3.89. The van der Waals surface area contributed by atoms with E-state index in [2.05, 4.69) is 15.3 Å². The summed E-state index contributed by atoms with van der Waals surface area (Å²) in [7, 11) is 3.51. The van der Waals surface area contributed by atoms with E-state index in [1.54, 1.807) is 31.4 Å². The molecule has 0 radical (unpaired) electrons. The van der Waals surface area contributed by atoms with Gasteiger partial charge in [0.05, 0.1) is 11.9 Å². The maximum atomic E-state index is 12.1. The standard InChI is InChI=1S/C20H20N4O/c1-14-11-15(20(25)24(2)3)6-8-18(14)16-7-9-19(22-12-16)23-17-5-4-10-21-13-17/h4-13H,1-3H3,(H,22,23). The number of carbonyl (C=O) groups is 1. The minimum absolute atomic E-state index is 0.00351. The number of carbonyl (C=O) groups excluding carboxylic acids is 1. The lowest BCUT2D eigenvalue weighted by Crippen LogP contribution is -2.21. The molecule has 0 aliphatic rings. The number of nitrogens with zero attached hydrogens (tertiary/aromatic N) is 3. The van der Waals surface area contributed by atoms with Crippen LogP contribution in [0.1, 0.15) is 15.9 Å². The highest BCUT2D eigenvalue weighted by Gasteiger charge is 2.10. The van der Waals surface area contributed by atoms with Crippen molar-refractivity contribution in [3.05, 3.63) is 72.2 Å². The molecule has 1 amide bonds. The summed E-state index contributed by atoms with van der Waals surface area (Å²) in [5.41, 5.74) is 4.70. The lowest BCUT2D eigenvalue weighted by Gasteiger charge is -2.13. The molecule has 2 aromatic heterocycles. The van der Waals surface area contributed by atoms with Gasteiger partial charge in [-0.2, -0.15) is 0 Å². The van der Waals surface area contributed by atoms with Crippen LogP contribution in [0.2, 0.25) is 0 Å². The molecule has 1 aromatic carbocycles. The first-order valence-corrected chi connectivity index (χ1v) is 8.00. The van der Waals surface area contributed by atoms with Crippen molar-refractivity contribution in [2.75, 3.05) is 19.4 Å². The summed E-state index contributed by atoms with van der Waals surface area (Å²) in [4.78, 5) is 22.2. The Labute approximate surface area is 147 Å². The van der Waals surface area contributed by atoms with Gasteiger partial charge in [0, 0.05) is 37.6 Å². The van der Waals surface area contributed by atoms with Crippen LogP contribution in [-0.2, 0) is 0 Å². The molecule has 0 atom stereocenters. The van der Waals surface area contributed by atoms with Crippen molar-refractivity contribution < 1.29 is 4.79 Å². The Hall–Kier alpha value is -3.21. The lowest BCUT2D eigenvalue weighted by molar-refractivity contribution is 0.0827. The van der Waals surface area contributed by atoms with Crippen molar-refractivity contribution in [3.63, 3.8) is 0 Å². The predicted octanol–water partition coefficient (Wildman–Crippen LogP) is 3.90. The Morgan fingerprint density at radius 1 is 1.08 bits per heavy atom. The fraction of sp³-hybridized carbons (Fsp3) is 0.150. The van der Waals surface area contributed by atoms with E-state index in [1.807, 2.05) is 55.6 Å². The first-order chi connectivity index (χ1) is 12.0. The molecule has 25 heavy (non-hydrogen) atoms. The van der Waals surface area contributed by atoms with E-state index in [-0.39, 0.29) is 5.91 Å². The SMILES string of the molecule is Cc1cc(C(=O)N(C)C)ccc1-c1ccc(Nc2cccnc2)nc1. The summed E-state index contributed by atoms with van der Waals surface area (Å²) < 4.78 is 0. The van der Waals surface area contributed by atoms with E-state index in [9.17, 15) is 4.79 Å². The Morgan fingerprint density at radius 3 is 2.52 bits per heavy atom. The zero-order chi connectivity index (χ0) is 17.8. The van der Waals surface area contributed by atoms with Crippen LogP contribution >= 0.6 is 0 Å². The van der Waals surface area contributed by atoms with Gasteiger partial charge in [-0.15, -0.1) is 0 Å². The maximum Gasteiger partial charge on any atom is 0.253 e. The smallest absolute Gasteiger partial charge is 0.253 e. The second-order valence-electron chi connectivity index (χ2n) is 6.03. The number of amides is 1. The van der Waals surface area contributed by atoms with Gasteiger partial charge in [0.25, 0.3) is 5.91 Å². The summed E-state index contributed by atoms with van der Waals surface area (Å²) in [5, 5.41) is 3.21. The van der Waals surface area contributed by atoms with Crippen molar-refractivity contribution in [1.82, 2.24) is 14.9 Å². The molecule has 2 heterocycles. The number of pyridine rings is 2. The molecular weight excluding hydrogens is 312 g/mol. The first kappa shape index (κ1) is 16.6. The van der Waals surface area contributed by atoms with Crippen LogP contribution in [0.3, 0.4) is 0 Å². The molecule has 3 rings (SSSR count). The van der Waals surface area contributed by atoms with Gasteiger partial charge in [0.15, 0.2) is 0 Å². The van der Waals surface area contributed by atoms with Gasteiger partial charge in [-0.1, -0.05) is 6.07 Å². The second-order valence-corrected chi connectivity index (χ2v) is 6.03. The van der Waals surface area contributed by atoms with Crippen molar-refractivity contribution in [1.29, 1.82) is 0 Å². The molecule has 0 spiro atoms. The van der Waals surface area contributed by atoms with Gasteiger partial charge in [0.1, 0.15) is 5.82 Å². The molecule has 0 saturated heterocycles. The quantitative estimate of drug-likeness (QED) is 0.787. The average molecular weight is 332 g/mol. The average Bonchev–Trinajstić information content (AvgIpc) is 2.62. The topological polar surface area (TPSA) is 58.1 Å². The van der Waals surface area contributed by atoms with Gasteiger partial charge in [-0.3, -0.25) is 9.78 Å². The van der Waals surface area contributed by atoms with Crippen molar-refractivity contribution >= 4 is 17.4 Å². The molecule has 0 fully saturated rings. The summed E-state index contributed by atoms with van der Waals surface area (Å²) >= 11 is 0. The zero-order valence-electron chi connectivity index (χ0n) is 14.5. The normalized spacial score (nSPS) is 10.4. The van der Waals surface area contributed by atoms with Crippen molar-refractivity contribution in [2.45, 2.75) is 6.92 Å². The van der Waals surface area contributed by atoms with Crippen LogP contribution in [0.5, 0.6) is 0 Å². The molecule has 0 aliphatic heterocycles. The van der Waals surface area contributed by atoms with Crippen LogP contribution in [0.4, 0.5) is 11.5 Å². The van der Waals surface area contributed by atoms with E-state index in [1.165, 1.54) is 0 Å². The zero-order valence-corrected chi connectivity index (χ0v) is 14.5. The van der Waals surface area contributed by atoms with Gasteiger partial charge < -0.3 is 10.2 Å². The van der Waals surface area contributed by atoms with Gasteiger partial charge in [-0.25, -0.2) is 4.98 Å². The summed E-state index contributed by atoms with van der Waals surface area (Å²) in [6.07, 6.45) is 5.31. The molecule has 0 unspecified atom stereocenters. The maximum absolute atomic E-state index is 12.1. The summed E-state index contributed by atoms with van der Waals surface area (Å²) in [5.74, 6) is 0.762. The fourth-order valence-electron chi connectivity index (χ4n) is 2.59. The highest BCUT2D eigenvalue weighted by Crippen LogP contribution is 2.25. The fourth-order valence-corrected chi connectivity index (χ4v) is 2.59. The van der Waals surface area contributed by atoms with Gasteiger partial charge in [0.2, 0.25) is 0 Å². The largest absolute Gasteiger partial charge is 0.345 e. The molecule has 3 aromatic rings. The molecule has 5 nitrogen and oxygen atoms in total. The minimum Gasteiger partial charge on any atom is -0.345 e. The number of benzene rings is 1. The monoisotopic (exact) mass is 332 g/mol. The van der Waals surface area contributed by atoms with Crippen LogP contribution < -0.4 is 5.32 Å². The van der Waals surface area contributed by atoms with Crippen LogP contribution in [-0.4, -0.2) is 34.9 Å². The molecular formula is C20H20N4O. The van der Waals surface area contributed by atoms with Crippen molar-refractivity contribution in [3.8, 4) is 11.1 Å².